The molecule has 84 valence electrons. The fourth-order valence-electron chi connectivity index (χ4n) is 2.39. The molecule has 1 aliphatic carbocycles. The van der Waals surface area contributed by atoms with Crippen LogP contribution in [-0.2, 0) is 0 Å². The second-order valence-electron chi connectivity index (χ2n) is 4.82. The van der Waals surface area contributed by atoms with Crippen molar-refractivity contribution in [3.8, 4) is 0 Å². The zero-order valence-corrected chi connectivity index (χ0v) is 10.4. The Hall–Kier alpha value is -0.410. The van der Waals surface area contributed by atoms with Crippen molar-refractivity contribution in [2.45, 2.75) is 39.2 Å². The van der Waals surface area contributed by atoms with E-state index in [1.807, 2.05) is 11.7 Å². The lowest BCUT2D eigenvalue weighted by molar-refractivity contribution is 0.442. The molecular formula is C12H20N2S. The fraction of sp³-hybridized carbons (Fsp3) is 0.750. The minimum atomic E-state index is 0.466. The lowest BCUT2D eigenvalue weighted by Gasteiger charge is -2.15. The Morgan fingerprint density at radius 2 is 2.47 bits per heavy atom. The smallest absolute Gasteiger partial charge is 0.0794 e. The van der Waals surface area contributed by atoms with Crippen molar-refractivity contribution in [3.63, 3.8) is 0 Å². The van der Waals surface area contributed by atoms with E-state index in [0.717, 1.165) is 11.8 Å². The van der Waals surface area contributed by atoms with Gasteiger partial charge in [-0.05, 0) is 38.1 Å². The van der Waals surface area contributed by atoms with Crippen LogP contribution in [0.5, 0.6) is 0 Å². The third kappa shape index (κ3) is 3.02. The number of nitrogens with zero attached hydrogens (tertiary/aromatic N) is 1. The summed E-state index contributed by atoms with van der Waals surface area (Å²) in [7, 11) is 0. The summed E-state index contributed by atoms with van der Waals surface area (Å²) in [4.78, 5) is 5.46. The van der Waals surface area contributed by atoms with Crippen LogP contribution in [0, 0.1) is 11.8 Å². The van der Waals surface area contributed by atoms with Gasteiger partial charge >= 0.3 is 0 Å². The standard InChI is InChI=1S/C12H20N2S/c1-9-3-4-11(5-9)6-14-10(2)12-7-13-8-15-12/h7-11,14H,3-6H2,1-2H3. The monoisotopic (exact) mass is 224 g/mol. The largest absolute Gasteiger partial charge is 0.309 e. The van der Waals surface area contributed by atoms with E-state index in [4.69, 9.17) is 0 Å². The Balaban J connectivity index is 1.74. The number of hydrogen-bond donors (Lipinski definition) is 1. The molecule has 3 atom stereocenters. The molecule has 1 N–H and O–H groups in total. The molecular weight excluding hydrogens is 204 g/mol. The number of nitrogens with one attached hydrogen (secondary N) is 1. The van der Waals surface area contributed by atoms with E-state index in [2.05, 4.69) is 24.1 Å². The molecule has 0 aromatic carbocycles. The van der Waals surface area contributed by atoms with E-state index in [1.165, 1.54) is 30.7 Å². The lowest BCUT2D eigenvalue weighted by atomic mass is 10.1. The van der Waals surface area contributed by atoms with Gasteiger partial charge in [0.05, 0.1) is 5.51 Å². The Morgan fingerprint density at radius 1 is 1.60 bits per heavy atom. The molecule has 1 saturated carbocycles. The van der Waals surface area contributed by atoms with Gasteiger partial charge in [0, 0.05) is 17.1 Å². The zero-order chi connectivity index (χ0) is 10.7. The molecule has 3 heteroatoms. The van der Waals surface area contributed by atoms with Crippen molar-refractivity contribution in [1.29, 1.82) is 0 Å². The van der Waals surface area contributed by atoms with Gasteiger partial charge < -0.3 is 5.32 Å². The van der Waals surface area contributed by atoms with Crippen LogP contribution >= 0.6 is 11.3 Å². The van der Waals surface area contributed by atoms with Crippen molar-refractivity contribution < 1.29 is 0 Å². The van der Waals surface area contributed by atoms with Crippen LogP contribution in [0.3, 0.4) is 0 Å². The first-order chi connectivity index (χ1) is 7.25. The van der Waals surface area contributed by atoms with E-state index in [1.54, 1.807) is 11.3 Å². The van der Waals surface area contributed by atoms with E-state index in [-0.39, 0.29) is 0 Å². The highest BCUT2D eigenvalue weighted by atomic mass is 32.1. The fourth-order valence-corrected chi connectivity index (χ4v) is 3.05. The lowest BCUT2D eigenvalue weighted by Crippen LogP contribution is -2.24. The van der Waals surface area contributed by atoms with Gasteiger partial charge in [-0.15, -0.1) is 11.3 Å². The van der Waals surface area contributed by atoms with Crippen LogP contribution in [0.25, 0.3) is 0 Å². The van der Waals surface area contributed by atoms with Crippen molar-refractivity contribution >= 4 is 11.3 Å². The van der Waals surface area contributed by atoms with Gasteiger partial charge in [0.15, 0.2) is 0 Å². The van der Waals surface area contributed by atoms with Crippen molar-refractivity contribution in [2.24, 2.45) is 11.8 Å². The average molecular weight is 224 g/mol. The second kappa shape index (κ2) is 5.08. The maximum Gasteiger partial charge on any atom is 0.0794 e. The number of rotatable bonds is 4. The number of aromatic nitrogens is 1. The third-order valence-corrected chi connectivity index (χ3v) is 4.35. The molecule has 1 heterocycles. The molecule has 1 aromatic heterocycles. The van der Waals surface area contributed by atoms with E-state index < -0.39 is 0 Å². The topological polar surface area (TPSA) is 24.9 Å². The van der Waals surface area contributed by atoms with E-state index in [0.29, 0.717) is 6.04 Å². The van der Waals surface area contributed by atoms with Crippen LogP contribution in [0.1, 0.15) is 44.0 Å². The normalized spacial score (nSPS) is 28.1. The van der Waals surface area contributed by atoms with Gasteiger partial charge in [-0.25, -0.2) is 0 Å². The van der Waals surface area contributed by atoms with Crippen molar-refractivity contribution in [1.82, 2.24) is 10.3 Å². The van der Waals surface area contributed by atoms with Gasteiger partial charge in [-0.2, -0.15) is 0 Å². The average Bonchev–Trinajstić information content (AvgIpc) is 2.84. The molecule has 15 heavy (non-hydrogen) atoms. The van der Waals surface area contributed by atoms with Gasteiger partial charge in [0.1, 0.15) is 0 Å². The highest BCUT2D eigenvalue weighted by Crippen LogP contribution is 2.30. The Bertz CT molecular complexity index is 284. The summed E-state index contributed by atoms with van der Waals surface area (Å²) in [6, 6.07) is 0.466. The first kappa shape index (κ1) is 11.1. The van der Waals surface area contributed by atoms with Crippen molar-refractivity contribution in [2.75, 3.05) is 6.54 Å². The Kier molecular flexibility index (Phi) is 3.76. The number of hydrogen-bond acceptors (Lipinski definition) is 3. The predicted octanol–water partition coefficient (Wildman–Crippen LogP) is 3.23. The van der Waals surface area contributed by atoms with Gasteiger partial charge in [-0.3, -0.25) is 4.98 Å². The molecule has 3 unspecified atom stereocenters. The first-order valence-electron chi connectivity index (χ1n) is 5.87. The highest BCUT2D eigenvalue weighted by molar-refractivity contribution is 7.09. The quantitative estimate of drug-likeness (QED) is 0.849. The first-order valence-corrected chi connectivity index (χ1v) is 6.75. The highest BCUT2D eigenvalue weighted by Gasteiger charge is 2.21. The summed E-state index contributed by atoms with van der Waals surface area (Å²) >= 11 is 1.74. The molecule has 0 amide bonds. The summed E-state index contributed by atoms with van der Waals surface area (Å²) in [6.07, 6.45) is 6.20. The van der Waals surface area contributed by atoms with Crippen LogP contribution in [0.2, 0.25) is 0 Å². The summed E-state index contributed by atoms with van der Waals surface area (Å²) < 4.78 is 0. The summed E-state index contributed by atoms with van der Waals surface area (Å²) in [5, 5.41) is 3.62. The molecule has 1 fully saturated rings. The zero-order valence-electron chi connectivity index (χ0n) is 9.57. The van der Waals surface area contributed by atoms with Gasteiger partial charge in [0.2, 0.25) is 0 Å². The Morgan fingerprint density at radius 3 is 3.07 bits per heavy atom. The Labute approximate surface area is 96.1 Å². The maximum absolute atomic E-state index is 4.11. The van der Waals surface area contributed by atoms with Gasteiger partial charge in [-0.1, -0.05) is 13.3 Å². The minimum absolute atomic E-state index is 0.466. The van der Waals surface area contributed by atoms with Crippen molar-refractivity contribution in [3.05, 3.63) is 16.6 Å². The van der Waals surface area contributed by atoms with Crippen LogP contribution in [0.4, 0.5) is 0 Å². The molecule has 2 rings (SSSR count). The SMILES string of the molecule is CC1CCC(CNC(C)c2cncs2)C1. The van der Waals surface area contributed by atoms with E-state index >= 15 is 0 Å². The van der Waals surface area contributed by atoms with E-state index in [9.17, 15) is 0 Å². The number of thiazole rings is 1. The van der Waals surface area contributed by atoms with Crippen LogP contribution in [0.15, 0.2) is 11.7 Å². The van der Waals surface area contributed by atoms with Gasteiger partial charge in [0.25, 0.3) is 0 Å². The molecule has 0 saturated heterocycles. The summed E-state index contributed by atoms with van der Waals surface area (Å²) in [5.74, 6) is 1.84. The molecule has 0 spiro atoms. The molecule has 0 bridgehead atoms. The third-order valence-electron chi connectivity index (χ3n) is 3.39. The second-order valence-corrected chi connectivity index (χ2v) is 5.74. The summed E-state index contributed by atoms with van der Waals surface area (Å²) in [5.41, 5.74) is 1.91. The minimum Gasteiger partial charge on any atom is -0.309 e. The van der Waals surface area contributed by atoms with Crippen LogP contribution < -0.4 is 5.32 Å². The molecule has 0 aliphatic heterocycles. The molecule has 1 aromatic rings. The predicted molar refractivity (Wildman–Crippen MR) is 65.0 cm³/mol. The molecule has 0 radical (unpaired) electrons. The molecule has 1 aliphatic rings. The summed E-state index contributed by atoms with van der Waals surface area (Å²) in [6.45, 7) is 5.77. The molecule has 2 nitrogen and oxygen atoms in total. The van der Waals surface area contributed by atoms with Crippen LogP contribution in [-0.4, -0.2) is 11.5 Å². The maximum atomic E-state index is 4.11.